The Labute approximate surface area is 114 Å². The van der Waals surface area contributed by atoms with Gasteiger partial charge in [0.1, 0.15) is 11.6 Å². The van der Waals surface area contributed by atoms with Gasteiger partial charge in [-0.1, -0.05) is 19.9 Å². The molecule has 0 spiro atoms. The summed E-state index contributed by atoms with van der Waals surface area (Å²) in [7, 11) is 0. The molecule has 2 nitrogen and oxygen atoms in total. The lowest BCUT2D eigenvalue weighted by Gasteiger charge is -2.27. The first-order valence-corrected chi connectivity index (χ1v) is 6.91. The van der Waals surface area contributed by atoms with Gasteiger partial charge in [0.15, 0.2) is 0 Å². The molecule has 0 bridgehead atoms. The molecule has 2 atom stereocenters. The third kappa shape index (κ3) is 4.55. The minimum Gasteiger partial charge on any atom is -0.377 e. The summed E-state index contributed by atoms with van der Waals surface area (Å²) in [5, 5.41) is 3.26. The summed E-state index contributed by atoms with van der Waals surface area (Å²) in [6.45, 7) is 7.26. The van der Waals surface area contributed by atoms with Gasteiger partial charge in [-0.2, -0.15) is 0 Å². The molecule has 4 heteroatoms. The van der Waals surface area contributed by atoms with E-state index in [2.05, 4.69) is 5.32 Å². The molecule has 19 heavy (non-hydrogen) atoms. The van der Waals surface area contributed by atoms with Crippen LogP contribution in [0.3, 0.4) is 0 Å². The highest BCUT2D eigenvalue weighted by atomic mass is 19.1. The quantitative estimate of drug-likeness (QED) is 0.783. The van der Waals surface area contributed by atoms with Crippen molar-refractivity contribution in [2.24, 2.45) is 0 Å². The molecule has 1 aromatic carbocycles. The lowest BCUT2D eigenvalue weighted by molar-refractivity contribution is 0.0319. The van der Waals surface area contributed by atoms with Crippen LogP contribution < -0.4 is 5.32 Å². The second-order valence-corrected chi connectivity index (χ2v) is 4.47. The average molecular weight is 271 g/mol. The molecule has 0 heterocycles. The number of rotatable bonds is 8. The van der Waals surface area contributed by atoms with Crippen molar-refractivity contribution in [1.82, 2.24) is 5.32 Å². The van der Waals surface area contributed by atoms with Crippen molar-refractivity contribution < 1.29 is 13.5 Å². The molecule has 0 aliphatic heterocycles. The molecule has 0 amide bonds. The maximum Gasteiger partial charge on any atom is 0.129 e. The molecule has 0 saturated heterocycles. The standard InChI is InChI=1S/C15H23F2NO/c1-4-15(19-6-3)14(18-5-2)10-11-12(16)8-7-9-13(11)17/h7-9,14-15,18H,4-6,10H2,1-3H3. The number of likely N-dealkylation sites (N-methyl/N-ethyl adjacent to an activating group) is 1. The fourth-order valence-corrected chi connectivity index (χ4v) is 2.28. The van der Waals surface area contributed by atoms with Gasteiger partial charge >= 0.3 is 0 Å². The van der Waals surface area contributed by atoms with Gasteiger partial charge < -0.3 is 10.1 Å². The van der Waals surface area contributed by atoms with Crippen LogP contribution in [0.25, 0.3) is 0 Å². The van der Waals surface area contributed by atoms with Gasteiger partial charge in [0.2, 0.25) is 0 Å². The third-order valence-corrected chi connectivity index (χ3v) is 3.18. The van der Waals surface area contributed by atoms with Crippen LogP contribution in [0.15, 0.2) is 18.2 Å². The van der Waals surface area contributed by atoms with Crippen molar-refractivity contribution >= 4 is 0 Å². The third-order valence-electron chi connectivity index (χ3n) is 3.18. The van der Waals surface area contributed by atoms with E-state index >= 15 is 0 Å². The highest BCUT2D eigenvalue weighted by molar-refractivity contribution is 5.21. The first kappa shape index (κ1) is 16.1. The Morgan fingerprint density at radius 2 is 1.79 bits per heavy atom. The van der Waals surface area contributed by atoms with E-state index in [1.807, 2.05) is 20.8 Å². The maximum absolute atomic E-state index is 13.7. The summed E-state index contributed by atoms with van der Waals surface area (Å²) in [6, 6.07) is 3.89. The minimum atomic E-state index is -0.491. The largest absolute Gasteiger partial charge is 0.377 e. The Hall–Kier alpha value is -1.00. The SMILES string of the molecule is CCNC(Cc1c(F)cccc1F)C(CC)OCC. The Morgan fingerprint density at radius 3 is 2.26 bits per heavy atom. The zero-order valence-corrected chi connectivity index (χ0v) is 11.9. The summed E-state index contributed by atoms with van der Waals surface area (Å²) in [5.74, 6) is -0.983. The van der Waals surface area contributed by atoms with Gasteiger partial charge in [0, 0.05) is 18.2 Å². The Balaban J connectivity index is 2.88. The molecule has 0 aromatic heterocycles. The Kier molecular flexibility index (Phi) is 6.95. The second-order valence-electron chi connectivity index (χ2n) is 4.47. The summed E-state index contributed by atoms with van der Waals surface area (Å²) >= 11 is 0. The highest BCUT2D eigenvalue weighted by Crippen LogP contribution is 2.17. The van der Waals surface area contributed by atoms with Crippen LogP contribution in [-0.2, 0) is 11.2 Å². The second kappa shape index (κ2) is 8.23. The van der Waals surface area contributed by atoms with Crippen molar-refractivity contribution in [2.45, 2.75) is 45.8 Å². The van der Waals surface area contributed by atoms with Crippen LogP contribution in [-0.4, -0.2) is 25.3 Å². The summed E-state index contributed by atoms with van der Waals surface area (Å²) < 4.78 is 33.0. The van der Waals surface area contributed by atoms with Crippen molar-refractivity contribution in [3.05, 3.63) is 35.4 Å². The van der Waals surface area contributed by atoms with E-state index in [1.54, 1.807) is 0 Å². The number of halogens is 2. The van der Waals surface area contributed by atoms with Crippen LogP contribution in [0.1, 0.15) is 32.8 Å². The van der Waals surface area contributed by atoms with Gasteiger partial charge in [-0.3, -0.25) is 0 Å². The monoisotopic (exact) mass is 271 g/mol. The van der Waals surface area contributed by atoms with Crippen molar-refractivity contribution in [2.75, 3.05) is 13.2 Å². The van der Waals surface area contributed by atoms with Crippen LogP contribution in [0.4, 0.5) is 8.78 Å². The van der Waals surface area contributed by atoms with Crippen LogP contribution in [0, 0.1) is 11.6 Å². The first-order valence-electron chi connectivity index (χ1n) is 6.91. The normalized spacial score (nSPS) is 14.4. The molecule has 0 aliphatic rings. The van der Waals surface area contributed by atoms with Gasteiger partial charge in [0.05, 0.1) is 6.10 Å². The summed E-state index contributed by atoms with van der Waals surface area (Å²) in [5.41, 5.74) is 0.131. The zero-order chi connectivity index (χ0) is 14.3. The number of hydrogen-bond acceptors (Lipinski definition) is 2. The lowest BCUT2D eigenvalue weighted by Crippen LogP contribution is -2.43. The number of nitrogens with one attached hydrogen (secondary N) is 1. The average Bonchev–Trinajstić information content (AvgIpc) is 2.39. The van der Waals surface area contributed by atoms with E-state index < -0.39 is 11.6 Å². The smallest absolute Gasteiger partial charge is 0.129 e. The van der Waals surface area contributed by atoms with Crippen molar-refractivity contribution in [3.8, 4) is 0 Å². The van der Waals surface area contributed by atoms with Crippen LogP contribution in [0.2, 0.25) is 0 Å². The molecular formula is C15H23F2NO. The number of hydrogen-bond donors (Lipinski definition) is 1. The summed E-state index contributed by atoms with van der Waals surface area (Å²) in [4.78, 5) is 0. The van der Waals surface area contributed by atoms with E-state index in [0.29, 0.717) is 13.0 Å². The number of ether oxygens (including phenoxy) is 1. The highest BCUT2D eigenvalue weighted by Gasteiger charge is 2.22. The molecule has 108 valence electrons. The van der Waals surface area contributed by atoms with Crippen molar-refractivity contribution in [3.63, 3.8) is 0 Å². The predicted octanol–water partition coefficient (Wildman–Crippen LogP) is 3.30. The Bertz CT molecular complexity index is 364. The predicted molar refractivity (Wildman–Crippen MR) is 73.2 cm³/mol. The van der Waals surface area contributed by atoms with Crippen LogP contribution >= 0.6 is 0 Å². The van der Waals surface area contributed by atoms with E-state index in [9.17, 15) is 8.78 Å². The molecule has 1 N–H and O–H groups in total. The molecule has 0 aliphatic carbocycles. The topological polar surface area (TPSA) is 21.3 Å². The van der Waals surface area contributed by atoms with Crippen molar-refractivity contribution in [1.29, 1.82) is 0 Å². The fraction of sp³-hybridized carbons (Fsp3) is 0.600. The minimum absolute atomic E-state index is 0.0380. The zero-order valence-electron chi connectivity index (χ0n) is 11.9. The Morgan fingerprint density at radius 1 is 1.16 bits per heavy atom. The lowest BCUT2D eigenvalue weighted by atomic mass is 9.98. The number of benzene rings is 1. The van der Waals surface area contributed by atoms with Gasteiger partial charge in [-0.05, 0) is 38.4 Å². The summed E-state index contributed by atoms with van der Waals surface area (Å²) in [6.07, 6.45) is 1.07. The first-order chi connectivity index (χ1) is 9.13. The molecule has 2 unspecified atom stereocenters. The van der Waals surface area contributed by atoms with Gasteiger partial charge in [0.25, 0.3) is 0 Å². The van der Waals surface area contributed by atoms with Crippen LogP contribution in [0.5, 0.6) is 0 Å². The molecular weight excluding hydrogens is 248 g/mol. The fourth-order valence-electron chi connectivity index (χ4n) is 2.28. The maximum atomic E-state index is 13.7. The molecule has 0 radical (unpaired) electrons. The molecule has 0 saturated carbocycles. The molecule has 1 aromatic rings. The van der Waals surface area contributed by atoms with E-state index in [1.165, 1.54) is 18.2 Å². The van der Waals surface area contributed by atoms with Gasteiger partial charge in [-0.25, -0.2) is 8.78 Å². The molecule has 1 rings (SSSR count). The van der Waals surface area contributed by atoms with Gasteiger partial charge in [-0.15, -0.1) is 0 Å². The van der Waals surface area contributed by atoms with E-state index in [4.69, 9.17) is 4.74 Å². The van der Waals surface area contributed by atoms with E-state index in [0.717, 1.165) is 13.0 Å². The van der Waals surface area contributed by atoms with E-state index in [-0.39, 0.29) is 17.7 Å². The molecule has 0 fully saturated rings.